The number of hydrogen-bond donors (Lipinski definition) is 1. The maximum atomic E-state index is 6.32. The molecule has 4 heteroatoms. The van der Waals surface area contributed by atoms with Crippen molar-refractivity contribution >= 4 is 34.5 Å². The quantitative estimate of drug-likeness (QED) is 0.816. The summed E-state index contributed by atoms with van der Waals surface area (Å²) >= 11 is 13.8. The molecule has 0 aliphatic heterocycles. The largest absolute Gasteiger partial charge is 0.310 e. The van der Waals surface area contributed by atoms with E-state index < -0.39 is 0 Å². The van der Waals surface area contributed by atoms with Crippen molar-refractivity contribution in [2.45, 2.75) is 26.4 Å². The van der Waals surface area contributed by atoms with Crippen molar-refractivity contribution in [1.82, 2.24) is 5.32 Å². The highest BCUT2D eigenvalue weighted by atomic mass is 35.5. The van der Waals surface area contributed by atoms with Gasteiger partial charge in [-0.3, -0.25) is 0 Å². The Morgan fingerprint density at radius 1 is 1.17 bits per heavy atom. The predicted octanol–water partition coefficient (Wildman–Crippen LogP) is 5.22. The fraction of sp³-hybridized carbons (Fsp3) is 0.286. The van der Waals surface area contributed by atoms with Crippen LogP contribution in [-0.2, 0) is 6.54 Å². The van der Waals surface area contributed by atoms with E-state index in [0.29, 0.717) is 6.04 Å². The Morgan fingerprint density at radius 2 is 1.94 bits per heavy atom. The van der Waals surface area contributed by atoms with Gasteiger partial charge in [0.2, 0.25) is 0 Å². The van der Waals surface area contributed by atoms with Crippen LogP contribution >= 0.6 is 34.5 Å². The Morgan fingerprint density at radius 3 is 2.50 bits per heavy atom. The van der Waals surface area contributed by atoms with Crippen LogP contribution in [0.5, 0.6) is 0 Å². The van der Waals surface area contributed by atoms with Crippen molar-refractivity contribution in [2.24, 2.45) is 0 Å². The Labute approximate surface area is 122 Å². The molecule has 0 bridgehead atoms. The van der Waals surface area contributed by atoms with Gasteiger partial charge in [0.25, 0.3) is 0 Å². The van der Waals surface area contributed by atoms with Gasteiger partial charge in [-0.1, -0.05) is 49.2 Å². The summed E-state index contributed by atoms with van der Waals surface area (Å²) in [6.07, 6.45) is 0. The summed E-state index contributed by atoms with van der Waals surface area (Å²) in [5.41, 5.74) is 2.24. The fourth-order valence-electron chi connectivity index (χ4n) is 1.65. The van der Waals surface area contributed by atoms with E-state index in [1.54, 1.807) is 11.3 Å². The van der Waals surface area contributed by atoms with Gasteiger partial charge in [0.1, 0.15) is 0 Å². The topological polar surface area (TPSA) is 12.0 Å². The molecule has 1 nitrogen and oxygen atoms in total. The SMILES string of the molecule is CC(C)NCc1ccc(-c2ccc(Cl)s2)c(Cl)c1. The van der Waals surface area contributed by atoms with Crippen LogP contribution in [0.25, 0.3) is 10.4 Å². The van der Waals surface area contributed by atoms with E-state index in [9.17, 15) is 0 Å². The van der Waals surface area contributed by atoms with Crippen LogP contribution in [0.15, 0.2) is 30.3 Å². The molecule has 0 radical (unpaired) electrons. The van der Waals surface area contributed by atoms with Crippen molar-refractivity contribution in [3.05, 3.63) is 45.3 Å². The van der Waals surface area contributed by atoms with Gasteiger partial charge < -0.3 is 5.32 Å². The fourth-order valence-corrected chi connectivity index (χ4v) is 3.09. The molecule has 0 amide bonds. The zero-order valence-electron chi connectivity index (χ0n) is 10.3. The molecule has 1 N–H and O–H groups in total. The van der Waals surface area contributed by atoms with Gasteiger partial charge in [-0.15, -0.1) is 11.3 Å². The molecule has 0 atom stereocenters. The highest BCUT2D eigenvalue weighted by Gasteiger charge is 2.07. The summed E-state index contributed by atoms with van der Waals surface area (Å²) < 4.78 is 0.784. The zero-order valence-corrected chi connectivity index (χ0v) is 12.7. The van der Waals surface area contributed by atoms with Gasteiger partial charge >= 0.3 is 0 Å². The number of nitrogens with one attached hydrogen (secondary N) is 1. The van der Waals surface area contributed by atoms with Gasteiger partial charge in [0.05, 0.1) is 4.34 Å². The molecular formula is C14H15Cl2NS. The van der Waals surface area contributed by atoms with Crippen LogP contribution in [0, 0.1) is 0 Å². The van der Waals surface area contributed by atoms with Gasteiger partial charge in [0.15, 0.2) is 0 Å². The lowest BCUT2D eigenvalue weighted by molar-refractivity contribution is 0.589. The van der Waals surface area contributed by atoms with E-state index in [1.807, 2.05) is 18.2 Å². The first-order valence-corrected chi connectivity index (χ1v) is 7.41. The molecule has 0 saturated heterocycles. The summed E-state index contributed by atoms with van der Waals surface area (Å²) in [4.78, 5) is 1.10. The number of thiophene rings is 1. The third kappa shape index (κ3) is 3.48. The molecule has 0 saturated carbocycles. The minimum atomic E-state index is 0.472. The van der Waals surface area contributed by atoms with E-state index >= 15 is 0 Å². The summed E-state index contributed by atoms with van der Waals surface area (Å²) in [5, 5.41) is 4.15. The maximum Gasteiger partial charge on any atom is 0.0934 e. The second-order valence-corrected chi connectivity index (χ2v) is 6.58. The van der Waals surface area contributed by atoms with Crippen molar-refractivity contribution in [3.8, 4) is 10.4 Å². The normalized spacial score (nSPS) is 11.2. The van der Waals surface area contributed by atoms with Crippen molar-refractivity contribution in [2.75, 3.05) is 0 Å². The van der Waals surface area contributed by atoms with E-state index in [4.69, 9.17) is 23.2 Å². The minimum absolute atomic E-state index is 0.472. The average molecular weight is 300 g/mol. The Balaban J connectivity index is 2.20. The van der Waals surface area contributed by atoms with E-state index in [1.165, 1.54) is 5.56 Å². The summed E-state index contributed by atoms with van der Waals surface area (Å²) in [5.74, 6) is 0. The number of hydrogen-bond acceptors (Lipinski definition) is 2. The van der Waals surface area contributed by atoms with E-state index in [-0.39, 0.29) is 0 Å². The Bertz CT molecular complexity index is 534. The van der Waals surface area contributed by atoms with Gasteiger partial charge in [0, 0.05) is 28.0 Å². The van der Waals surface area contributed by atoms with Crippen molar-refractivity contribution in [1.29, 1.82) is 0 Å². The van der Waals surface area contributed by atoms with Crippen LogP contribution in [0.3, 0.4) is 0 Å². The molecule has 2 aromatic rings. The highest BCUT2D eigenvalue weighted by molar-refractivity contribution is 7.19. The lowest BCUT2D eigenvalue weighted by atomic mass is 10.1. The standard InChI is InChI=1S/C14H15Cl2NS/c1-9(2)17-8-10-3-4-11(12(15)7-10)13-5-6-14(16)18-13/h3-7,9,17H,8H2,1-2H3. The molecule has 0 aliphatic carbocycles. The Kier molecular flexibility index (Phi) is 4.68. The minimum Gasteiger partial charge on any atom is -0.310 e. The third-order valence-electron chi connectivity index (χ3n) is 2.59. The second-order valence-electron chi connectivity index (χ2n) is 4.45. The summed E-state index contributed by atoms with van der Waals surface area (Å²) in [6, 6.07) is 10.5. The monoisotopic (exact) mass is 299 g/mol. The van der Waals surface area contributed by atoms with Gasteiger partial charge in [-0.25, -0.2) is 0 Å². The smallest absolute Gasteiger partial charge is 0.0934 e. The molecule has 18 heavy (non-hydrogen) atoms. The van der Waals surface area contributed by atoms with Crippen molar-refractivity contribution in [3.63, 3.8) is 0 Å². The van der Waals surface area contributed by atoms with E-state index in [2.05, 4.69) is 31.3 Å². The van der Waals surface area contributed by atoms with Crippen LogP contribution in [0.1, 0.15) is 19.4 Å². The summed E-state index contributed by atoms with van der Waals surface area (Å²) in [7, 11) is 0. The first-order chi connectivity index (χ1) is 8.56. The molecule has 1 heterocycles. The van der Waals surface area contributed by atoms with Crippen LogP contribution in [0.4, 0.5) is 0 Å². The number of halogens is 2. The predicted molar refractivity (Wildman–Crippen MR) is 81.8 cm³/mol. The number of rotatable bonds is 4. The molecule has 0 spiro atoms. The first-order valence-electron chi connectivity index (χ1n) is 5.84. The van der Waals surface area contributed by atoms with E-state index in [0.717, 1.165) is 26.3 Å². The number of benzene rings is 1. The molecule has 0 fully saturated rings. The summed E-state index contributed by atoms with van der Waals surface area (Å²) in [6.45, 7) is 5.09. The van der Waals surface area contributed by atoms with Crippen LogP contribution in [-0.4, -0.2) is 6.04 Å². The lowest BCUT2D eigenvalue weighted by Crippen LogP contribution is -2.21. The molecule has 1 aromatic carbocycles. The molecular weight excluding hydrogens is 285 g/mol. The highest BCUT2D eigenvalue weighted by Crippen LogP contribution is 2.35. The van der Waals surface area contributed by atoms with Gasteiger partial charge in [-0.05, 0) is 23.8 Å². The van der Waals surface area contributed by atoms with Crippen LogP contribution < -0.4 is 5.32 Å². The molecule has 96 valence electrons. The molecule has 0 unspecified atom stereocenters. The molecule has 0 aliphatic rings. The lowest BCUT2D eigenvalue weighted by Gasteiger charge is -2.09. The molecule has 2 rings (SSSR count). The van der Waals surface area contributed by atoms with Gasteiger partial charge in [-0.2, -0.15) is 0 Å². The molecule has 1 aromatic heterocycles. The average Bonchev–Trinajstić information content (AvgIpc) is 2.73. The maximum absolute atomic E-state index is 6.32. The zero-order chi connectivity index (χ0) is 13.1. The third-order valence-corrected chi connectivity index (χ3v) is 4.16. The van der Waals surface area contributed by atoms with Crippen LogP contribution in [0.2, 0.25) is 9.36 Å². The first kappa shape index (κ1) is 13.9. The van der Waals surface area contributed by atoms with Crippen molar-refractivity contribution < 1.29 is 0 Å². The second kappa shape index (κ2) is 6.07. The Hall–Kier alpha value is -0.540.